The Morgan fingerprint density at radius 3 is 2.83 bits per heavy atom. The van der Waals surface area contributed by atoms with Gasteiger partial charge < -0.3 is 5.32 Å². The van der Waals surface area contributed by atoms with Gasteiger partial charge in [0.2, 0.25) is 5.91 Å². The molecule has 1 aliphatic carbocycles. The lowest BCUT2D eigenvalue weighted by molar-refractivity contribution is -0.121. The first-order valence-electron chi connectivity index (χ1n) is 11.9. The molecule has 4 fully saturated rings. The summed E-state index contributed by atoms with van der Waals surface area (Å²) in [5, 5.41) is 3.16. The third-order valence-corrected chi connectivity index (χ3v) is 7.73. The standard InChI is InChI=1S/C24H36N4O/c29-23(26-20-10-11-20)9-1-8-22-21-7-4-14-27-13-3-6-19(24(21)27)17-28(22)16-18-5-2-12-25-15-18/h2,5,12,15,19-22,24H,1,3-4,6-11,13-14,16-17H2,(H,26,29)/t19-,21+,22+,24-/m0/s1. The number of carbonyl (C=O) groups excluding carboxylic acids is 1. The van der Waals surface area contributed by atoms with E-state index in [4.69, 9.17) is 0 Å². The Morgan fingerprint density at radius 2 is 2.03 bits per heavy atom. The van der Waals surface area contributed by atoms with Gasteiger partial charge in [-0.25, -0.2) is 0 Å². The molecule has 3 saturated heterocycles. The van der Waals surface area contributed by atoms with E-state index >= 15 is 0 Å². The Balaban J connectivity index is 1.29. The Kier molecular flexibility index (Phi) is 5.87. The highest BCUT2D eigenvalue weighted by molar-refractivity contribution is 5.76. The molecule has 4 atom stereocenters. The number of piperidine rings is 3. The van der Waals surface area contributed by atoms with E-state index in [0.717, 1.165) is 37.3 Å². The van der Waals surface area contributed by atoms with Gasteiger partial charge in [-0.1, -0.05) is 6.07 Å². The zero-order valence-electron chi connectivity index (χ0n) is 17.6. The highest BCUT2D eigenvalue weighted by atomic mass is 16.1. The van der Waals surface area contributed by atoms with Crippen molar-refractivity contribution in [2.75, 3.05) is 19.6 Å². The Labute approximate surface area is 175 Å². The molecule has 0 bridgehead atoms. The summed E-state index contributed by atoms with van der Waals surface area (Å²) in [5.74, 6) is 1.86. The number of rotatable bonds is 7. The molecule has 3 aliphatic heterocycles. The van der Waals surface area contributed by atoms with Gasteiger partial charge in [-0.2, -0.15) is 0 Å². The van der Waals surface area contributed by atoms with Crippen LogP contribution in [-0.2, 0) is 11.3 Å². The van der Waals surface area contributed by atoms with E-state index in [1.807, 2.05) is 12.4 Å². The monoisotopic (exact) mass is 396 g/mol. The summed E-state index contributed by atoms with van der Waals surface area (Å²) in [5.41, 5.74) is 1.32. The van der Waals surface area contributed by atoms with Crippen molar-refractivity contribution < 1.29 is 4.79 Å². The first kappa shape index (κ1) is 19.5. The zero-order valence-corrected chi connectivity index (χ0v) is 17.6. The maximum Gasteiger partial charge on any atom is 0.220 e. The fraction of sp³-hybridized carbons (Fsp3) is 0.750. The van der Waals surface area contributed by atoms with E-state index in [2.05, 4.69) is 32.2 Å². The van der Waals surface area contributed by atoms with Gasteiger partial charge in [0.1, 0.15) is 0 Å². The lowest BCUT2D eigenvalue weighted by atomic mass is 9.69. The SMILES string of the molecule is O=C(CCC[C@@H]1[C@H]2CCCN3CCC[C@@H](CN1Cc1cccnc1)[C@@H]23)NC1CC1. The third kappa shape index (κ3) is 4.51. The summed E-state index contributed by atoms with van der Waals surface area (Å²) in [7, 11) is 0. The van der Waals surface area contributed by atoms with Gasteiger partial charge in [0, 0.05) is 50.0 Å². The van der Waals surface area contributed by atoms with Crippen LogP contribution in [0.1, 0.15) is 63.4 Å². The van der Waals surface area contributed by atoms with Gasteiger partial charge in [-0.15, -0.1) is 0 Å². The molecule has 4 heterocycles. The summed E-state index contributed by atoms with van der Waals surface area (Å²) in [6.45, 7) is 4.82. The second-order valence-electron chi connectivity index (χ2n) is 9.83. The third-order valence-electron chi connectivity index (χ3n) is 7.73. The topological polar surface area (TPSA) is 48.5 Å². The quantitative estimate of drug-likeness (QED) is 0.769. The smallest absolute Gasteiger partial charge is 0.220 e. The summed E-state index contributed by atoms with van der Waals surface area (Å²) in [6, 6.07) is 6.14. The predicted octanol–water partition coefficient (Wildman–Crippen LogP) is 3.21. The molecular formula is C24H36N4O. The van der Waals surface area contributed by atoms with Crippen LogP contribution < -0.4 is 5.32 Å². The molecule has 1 aromatic rings. The molecule has 1 amide bonds. The molecule has 5 heteroatoms. The highest BCUT2D eigenvalue weighted by Crippen LogP contribution is 2.43. The number of hydrogen-bond acceptors (Lipinski definition) is 4. The largest absolute Gasteiger partial charge is 0.353 e. The average molecular weight is 397 g/mol. The summed E-state index contributed by atoms with van der Waals surface area (Å²) < 4.78 is 0. The number of nitrogens with one attached hydrogen (secondary N) is 1. The van der Waals surface area contributed by atoms with Crippen LogP contribution in [0, 0.1) is 11.8 Å². The van der Waals surface area contributed by atoms with E-state index < -0.39 is 0 Å². The van der Waals surface area contributed by atoms with Crippen LogP contribution in [0.4, 0.5) is 0 Å². The Hall–Kier alpha value is -1.46. The van der Waals surface area contributed by atoms with Gasteiger partial charge in [0.05, 0.1) is 0 Å². The van der Waals surface area contributed by atoms with Gasteiger partial charge >= 0.3 is 0 Å². The highest BCUT2D eigenvalue weighted by Gasteiger charge is 2.48. The second-order valence-corrected chi connectivity index (χ2v) is 9.83. The van der Waals surface area contributed by atoms with Crippen LogP contribution in [0.15, 0.2) is 24.5 Å². The molecule has 4 aliphatic rings. The first-order valence-corrected chi connectivity index (χ1v) is 11.9. The molecule has 0 radical (unpaired) electrons. The van der Waals surface area contributed by atoms with Crippen molar-refractivity contribution in [1.29, 1.82) is 0 Å². The Bertz CT molecular complexity index is 689. The van der Waals surface area contributed by atoms with E-state index in [9.17, 15) is 4.79 Å². The summed E-state index contributed by atoms with van der Waals surface area (Å²) in [4.78, 5) is 22.1. The maximum atomic E-state index is 12.2. The molecule has 0 unspecified atom stereocenters. The van der Waals surface area contributed by atoms with Gasteiger partial charge in [0.25, 0.3) is 0 Å². The van der Waals surface area contributed by atoms with Crippen molar-refractivity contribution >= 4 is 5.91 Å². The minimum atomic E-state index is 0.267. The lowest BCUT2D eigenvalue weighted by Gasteiger charge is -2.57. The fourth-order valence-corrected chi connectivity index (χ4v) is 6.39. The van der Waals surface area contributed by atoms with Crippen LogP contribution >= 0.6 is 0 Å². The van der Waals surface area contributed by atoms with Gasteiger partial charge in [-0.05, 0) is 87.9 Å². The molecule has 29 heavy (non-hydrogen) atoms. The van der Waals surface area contributed by atoms with Crippen LogP contribution in [0.3, 0.4) is 0 Å². The van der Waals surface area contributed by atoms with E-state index in [1.54, 1.807) is 0 Å². The number of likely N-dealkylation sites (tertiary alicyclic amines) is 1. The molecule has 158 valence electrons. The van der Waals surface area contributed by atoms with Crippen molar-refractivity contribution in [3.05, 3.63) is 30.1 Å². The molecule has 0 aromatic carbocycles. The average Bonchev–Trinajstić information content (AvgIpc) is 3.55. The van der Waals surface area contributed by atoms with Crippen LogP contribution in [0.5, 0.6) is 0 Å². The van der Waals surface area contributed by atoms with Gasteiger partial charge in [-0.3, -0.25) is 19.6 Å². The minimum Gasteiger partial charge on any atom is -0.353 e. The predicted molar refractivity (Wildman–Crippen MR) is 114 cm³/mol. The van der Waals surface area contributed by atoms with E-state index in [-0.39, 0.29) is 5.91 Å². The molecule has 5 rings (SSSR count). The molecular weight excluding hydrogens is 360 g/mol. The number of aromatic nitrogens is 1. The number of amides is 1. The van der Waals surface area contributed by atoms with E-state index in [0.29, 0.717) is 18.5 Å². The van der Waals surface area contributed by atoms with Gasteiger partial charge in [0.15, 0.2) is 0 Å². The molecule has 1 N–H and O–H groups in total. The van der Waals surface area contributed by atoms with Crippen LogP contribution in [0.2, 0.25) is 0 Å². The van der Waals surface area contributed by atoms with Crippen molar-refractivity contribution in [2.24, 2.45) is 11.8 Å². The Morgan fingerprint density at radius 1 is 1.17 bits per heavy atom. The number of pyridine rings is 1. The molecule has 1 aromatic heterocycles. The zero-order chi connectivity index (χ0) is 19.6. The summed E-state index contributed by atoms with van der Waals surface area (Å²) in [6.07, 6.45) is 14.6. The normalized spacial score (nSPS) is 32.6. The van der Waals surface area contributed by atoms with E-state index in [1.165, 1.54) is 63.7 Å². The van der Waals surface area contributed by atoms with Crippen molar-refractivity contribution in [3.8, 4) is 0 Å². The summed E-state index contributed by atoms with van der Waals surface area (Å²) >= 11 is 0. The molecule has 5 nitrogen and oxygen atoms in total. The number of nitrogens with zero attached hydrogens (tertiary/aromatic N) is 3. The number of carbonyl (C=O) groups is 1. The van der Waals surface area contributed by atoms with Crippen molar-refractivity contribution in [3.63, 3.8) is 0 Å². The van der Waals surface area contributed by atoms with Crippen LogP contribution in [0.25, 0.3) is 0 Å². The number of hydrogen-bond donors (Lipinski definition) is 1. The van der Waals surface area contributed by atoms with Crippen molar-refractivity contribution in [1.82, 2.24) is 20.1 Å². The van der Waals surface area contributed by atoms with Crippen molar-refractivity contribution in [2.45, 2.75) is 82.5 Å². The molecule has 0 spiro atoms. The van der Waals surface area contributed by atoms with Crippen LogP contribution in [-0.4, -0.2) is 58.5 Å². The second kappa shape index (κ2) is 8.73. The maximum absolute atomic E-state index is 12.2. The lowest BCUT2D eigenvalue weighted by Crippen LogP contribution is -2.64. The minimum absolute atomic E-state index is 0.267. The fourth-order valence-electron chi connectivity index (χ4n) is 6.39. The molecule has 1 saturated carbocycles. The first-order chi connectivity index (χ1) is 14.3.